The fraction of sp³-hybridized carbons (Fsp3) is 0.0833. The summed E-state index contributed by atoms with van der Waals surface area (Å²) in [7, 11) is 0. The zero-order valence-corrected chi connectivity index (χ0v) is 12.5. The van der Waals surface area contributed by atoms with Crippen molar-refractivity contribution >= 4 is 44.5 Å². The minimum Gasteiger partial charge on any atom is -0.398 e. The summed E-state index contributed by atoms with van der Waals surface area (Å²) < 4.78 is 0.946. The highest BCUT2D eigenvalue weighted by atomic mass is 79.9. The molecule has 0 fully saturated rings. The molecule has 0 aliphatic carbocycles. The molecule has 1 heterocycles. The van der Waals surface area contributed by atoms with Gasteiger partial charge in [0.1, 0.15) is 0 Å². The van der Waals surface area contributed by atoms with Crippen molar-refractivity contribution in [2.45, 2.75) is 6.54 Å². The van der Waals surface area contributed by atoms with Gasteiger partial charge in [-0.15, -0.1) is 11.3 Å². The predicted molar refractivity (Wildman–Crippen MR) is 80.7 cm³/mol. The van der Waals surface area contributed by atoms with Crippen LogP contribution in [-0.2, 0) is 6.54 Å². The predicted octanol–water partition coefficient (Wildman–Crippen LogP) is 2.93. The van der Waals surface area contributed by atoms with E-state index in [2.05, 4.69) is 21.2 Å². The number of rotatable bonds is 4. The van der Waals surface area contributed by atoms with Crippen molar-refractivity contribution in [3.63, 3.8) is 0 Å². The normalized spacial score (nSPS) is 10.2. The first-order chi connectivity index (χ1) is 9.47. The molecule has 0 radical (unpaired) electrons. The van der Waals surface area contributed by atoms with Gasteiger partial charge in [0.05, 0.1) is 17.0 Å². The van der Waals surface area contributed by atoms with Crippen molar-refractivity contribution in [1.29, 1.82) is 0 Å². The van der Waals surface area contributed by atoms with Crippen LogP contribution in [0.25, 0.3) is 0 Å². The zero-order valence-electron chi connectivity index (χ0n) is 10.1. The standard InChI is InChI=1S/C12H10BrN3O3S/c13-7-3-9(20-6-7)5-15-12(17)10-4-8(16(18)19)1-2-11(10)14/h1-4,6H,5,14H2,(H,15,17). The van der Waals surface area contributed by atoms with Gasteiger partial charge in [0.25, 0.3) is 11.6 Å². The fourth-order valence-electron chi connectivity index (χ4n) is 1.56. The highest BCUT2D eigenvalue weighted by Gasteiger charge is 2.15. The number of hydrogen-bond acceptors (Lipinski definition) is 5. The number of hydrogen-bond donors (Lipinski definition) is 2. The minimum absolute atomic E-state index is 0.106. The molecule has 2 rings (SSSR count). The first-order valence-electron chi connectivity index (χ1n) is 5.52. The zero-order chi connectivity index (χ0) is 14.7. The van der Waals surface area contributed by atoms with Crippen molar-refractivity contribution < 1.29 is 9.72 Å². The Hall–Kier alpha value is -1.93. The summed E-state index contributed by atoms with van der Waals surface area (Å²) in [6.45, 7) is 0.344. The van der Waals surface area contributed by atoms with Crippen LogP contribution in [0.4, 0.5) is 11.4 Å². The van der Waals surface area contributed by atoms with Gasteiger partial charge in [-0.3, -0.25) is 14.9 Å². The van der Waals surface area contributed by atoms with Crippen molar-refractivity contribution in [3.8, 4) is 0 Å². The van der Waals surface area contributed by atoms with E-state index in [1.807, 2.05) is 11.4 Å². The summed E-state index contributed by atoms with van der Waals surface area (Å²) in [6.07, 6.45) is 0. The molecule has 0 aliphatic heterocycles. The number of amides is 1. The Morgan fingerprint density at radius 1 is 1.45 bits per heavy atom. The van der Waals surface area contributed by atoms with Gasteiger partial charge in [-0.1, -0.05) is 0 Å². The number of nitrogens with two attached hydrogens (primary N) is 1. The number of carbonyl (C=O) groups excluding carboxylic acids is 1. The van der Waals surface area contributed by atoms with E-state index in [-0.39, 0.29) is 16.9 Å². The number of benzene rings is 1. The molecule has 1 amide bonds. The van der Waals surface area contributed by atoms with E-state index in [0.717, 1.165) is 9.35 Å². The van der Waals surface area contributed by atoms with E-state index in [0.29, 0.717) is 6.54 Å². The third-order valence-corrected chi connectivity index (χ3v) is 4.23. The Morgan fingerprint density at radius 2 is 2.20 bits per heavy atom. The van der Waals surface area contributed by atoms with E-state index in [1.165, 1.54) is 29.5 Å². The lowest BCUT2D eigenvalue weighted by molar-refractivity contribution is -0.384. The third kappa shape index (κ3) is 3.34. The molecule has 1 aromatic carbocycles. The van der Waals surface area contributed by atoms with Crippen LogP contribution in [-0.4, -0.2) is 10.8 Å². The van der Waals surface area contributed by atoms with Gasteiger partial charge in [0.2, 0.25) is 0 Å². The number of thiophene rings is 1. The van der Waals surface area contributed by atoms with Gasteiger partial charge in [0, 0.05) is 32.6 Å². The monoisotopic (exact) mass is 355 g/mol. The fourth-order valence-corrected chi connectivity index (χ4v) is 2.95. The smallest absolute Gasteiger partial charge is 0.270 e. The Kier molecular flexibility index (Phi) is 4.35. The van der Waals surface area contributed by atoms with Gasteiger partial charge >= 0.3 is 0 Å². The molecule has 2 aromatic rings. The molecule has 3 N–H and O–H groups in total. The number of halogens is 1. The second-order valence-electron chi connectivity index (χ2n) is 3.94. The molecule has 0 saturated heterocycles. The van der Waals surface area contributed by atoms with Crippen molar-refractivity contribution in [3.05, 3.63) is 54.7 Å². The average Bonchev–Trinajstić information content (AvgIpc) is 2.82. The van der Waals surface area contributed by atoms with E-state index in [9.17, 15) is 14.9 Å². The topological polar surface area (TPSA) is 98.3 Å². The van der Waals surface area contributed by atoms with Crippen molar-refractivity contribution in [2.75, 3.05) is 5.73 Å². The summed E-state index contributed by atoms with van der Waals surface area (Å²) in [6, 6.07) is 5.69. The van der Waals surface area contributed by atoms with Crippen LogP contribution in [0.3, 0.4) is 0 Å². The van der Waals surface area contributed by atoms with Crippen LogP contribution in [0.15, 0.2) is 34.1 Å². The summed E-state index contributed by atoms with van der Waals surface area (Å²) in [5.41, 5.74) is 5.83. The maximum absolute atomic E-state index is 12.0. The lowest BCUT2D eigenvalue weighted by atomic mass is 10.1. The summed E-state index contributed by atoms with van der Waals surface area (Å²) in [5, 5.41) is 15.3. The van der Waals surface area contributed by atoms with E-state index >= 15 is 0 Å². The third-order valence-electron chi connectivity index (χ3n) is 2.54. The van der Waals surface area contributed by atoms with Gasteiger partial charge in [-0.25, -0.2) is 0 Å². The Bertz CT molecular complexity index is 672. The first kappa shape index (κ1) is 14.5. The Morgan fingerprint density at radius 3 is 2.80 bits per heavy atom. The average molecular weight is 356 g/mol. The number of nitrogen functional groups attached to an aromatic ring is 1. The SMILES string of the molecule is Nc1ccc([N+](=O)[O-])cc1C(=O)NCc1cc(Br)cs1. The number of nitrogens with one attached hydrogen (secondary N) is 1. The van der Waals surface area contributed by atoms with E-state index < -0.39 is 10.8 Å². The molecule has 0 atom stereocenters. The van der Waals surface area contributed by atoms with Crippen LogP contribution in [0.1, 0.15) is 15.2 Å². The van der Waals surface area contributed by atoms with Gasteiger partial charge < -0.3 is 11.1 Å². The maximum atomic E-state index is 12.0. The van der Waals surface area contributed by atoms with Gasteiger partial charge in [-0.05, 0) is 28.1 Å². The molecule has 0 unspecified atom stereocenters. The molecule has 0 spiro atoms. The number of carbonyl (C=O) groups is 1. The molecular formula is C12H10BrN3O3S. The largest absolute Gasteiger partial charge is 0.398 e. The molecule has 0 bridgehead atoms. The van der Waals surface area contributed by atoms with Crippen LogP contribution >= 0.6 is 27.3 Å². The van der Waals surface area contributed by atoms with Crippen molar-refractivity contribution in [2.24, 2.45) is 0 Å². The van der Waals surface area contributed by atoms with Gasteiger partial charge in [-0.2, -0.15) is 0 Å². The quantitative estimate of drug-likeness (QED) is 0.500. The first-order valence-corrected chi connectivity index (χ1v) is 7.19. The number of anilines is 1. The van der Waals surface area contributed by atoms with E-state index in [1.54, 1.807) is 0 Å². The molecule has 8 heteroatoms. The van der Waals surface area contributed by atoms with Crippen molar-refractivity contribution in [1.82, 2.24) is 5.32 Å². The van der Waals surface area contributed by atoms with Crippen LogP contribution in [0.2, 0.25) is 0 Å². The highest BCUT2D eigenvalue weighted by molar-refractivity contribution is 9.10. The Labute approximate surface area is 126 Å². The second-order valence-corrected chi connectivity index (χ2v) is 5.85. The number of nitro groups is 1. The van der Waals surface area contributed by atoms with E-state index in [4.69, 9.17) is 5.73 Å². The maximum Gasteiger partial charge on any atom is 0.270 e. The molecule has 104 valence electrons. The minimum atomic E-state index is -0.563. The van der Waals surface area contributed by atoms with Crippen LogP contribution in [0, 0.1) is 10.1 Å². The van der Waals surface area contributed by atoms with Crippen LogP contribution < -0.4 is 11.1 Å². The molecular weight excluding hydrogens is 346 g/mol. The molecule has 20 heavy (non-hydrogen) atoms. The summed E-state index contributed by atoms with van der Waals surface area (Å²) in [4.78, 5) is 23.1. The van der Waals surface area contributed by atoms with Gasteiger partial charge in [0.15, 0.2) is 0 Å². The number of non-ortho nitro benzene ring substituents is 1. The number of nitrogens with zero attached hydrogens (tertiary/aromatic N) is 1. The van der Waals surface area contributed by atoms with Crippen LogP contribution in [0.5, 0.6) is 0 Å². The number of nitro benzene ring substituents is 1. The lowest BCUT2D eigenvalue weighted by Gasteiger charge is -2.06. The summed E-state index contributed by atoms with van der Waals surface area (Å²) in [5.74, 6) is -0.435. The highest BCUT2D eigenvalue weighted by Crippen LogP contribution is 2.21. The summed E-state index contributed by atoms with van der Waals surface area (Å²) >= 11 is 4.82. The molecule has 6 nitrogen and oxygen atoms in total. The molecule has 0 aliphatic rings. The lowest BCUT2D eigenvalue weighted by Crippen LogP contribution is -2.23. The molecule has 1 aromatic heterocycles. The Balaban J connectivity index is 2.12. The molecule has 0 saturated carbocycles. The second kappa shape index (κ2) is 6.02.